The van der Waals surface area contributed by atoms with Gasteiger partial charge in [-0.1, -0.05) is 36.4 Å². The monoisotopic (exact) mass is 613 g/mol. The van der Waals surface area contributed by atoms with Crippen molar-refractivity contribution in [2.75, 3.05) is 0 Å². The van der Waals surface area contributed by atoms with E-state index < -0.39 is 26.7 Å². The Morgan fingerprint density at radius 3 is 2.47 bits per heavy atom. The summed E-state index contributed by atoms with van der Waals surface area (Å²) in [5, 5.41) is 30.7. The second-order valence-electron chi connectivity index (χ2n) is 10.4. The normalized spacial score (nSPS) is 13.1. The molecule has 0 unspecified atom stereocenters. The van der Waals surface area contributed by atoms with Gasteiger partial charge in [0.2, 0.25) is 15.2 Å². The minimum atomic E-state index is -4.23. The topological polar surface area (TPSA) is 152 Å². The zero-order chi connectivity index (χ0) is 30.3. The Balaban J connectivity index is 1.51. The first-order chi connectivity index (χ1) is 20.6. The lowest BCUT2D eigenvalue weighted by Gasteiger charge is -2.10. The molecule has 1 aliphatic rings. The van der Waals surface area contributed by atoms with E-state index in [0.29, 0.717) is 34.3 Å². The maximum Gasteiger partial charge on any atom is 0.355 e. The molecule has 3 aromatic carbocycles. The molecule has 0 amide bonds. The summed E-state index contributed by atoms with van der Waals surface area (Å²) in [6, 6.07) is 21.0. The van der Waals surface area contributed by atoms with Gasteiger partial charge in [0.1, 0.15) is 10.7 Å². The number of thiazole rings is 1. The maximum absolute atomic E-state index is 14.9. The van der Waals surface area contributed by atoms with E-state index in [9.17, 15) is 28.0 Å². The fourth-order valence-electron chi connectivity index (χ4n) is 5.00. The fourth-order valence-corrected chi connectivity index (χ4v) is 6.36. The Labute approximate surface area is 250 Å². The first-order valence-corrected chi connectivity index (χ1v) is 15.8. The van der Waals surface area contributed by atoms with Crippen LogP contribution in [0.15, 0.2) is 77.0 Å². The van der Waals surface area contributed by atoms with Crippen molar-refractivity contribution in [2.45, 2.75) is 30.6 Å². The van der Waals surface area contributed by atoms with Gasteiger partial charge in [0, 0.05) is 22.9 Å². The highest BCUT2D eigenvalue weighted by Gasteiger charge is 2.29. The first kappa shape index (κ1) is 28.4. The number of aromatic nitrogens is 3. The number of carboxylic acids is 1. The molecule has 9 nitrogen and oxygen atoms in total. The SMILES string of the molecule is N#Cc1ccc(-c2cccc(-c3nn(-c4nc(C(=O)O)cs4)c(CC4CC4)c3Cc3ccc(S(N)(=O)=O)c(F)c3)c2)cc1. The lowest BCUT2D eigenvalue weighted by atomic mass is 9.95. The van der Waals surface area contributed by atoms with Crippen LogP contribution in [0.5, 0.6) is 0 Å². The Morgan fingerprint density at radius 2 is 1.84 bits per heavy atom. The quantitative estimate of drug-likeness (QED) is 0.221. The van der Waals surface area contributed by atoms with Crippen molar-refractivity contribution in [3.8, 4) is 33.6 Å². The van der Waals surface area contributed by atoms with Crippen LogP contribution in [-0.4, -0.2) is 34.3 Å². The van der Waals surface area contributed by atoms with Gasteiger partial charge in [-0.3, -0.25) is 0 Å². The molecule has 1 saturated carbocycles. The molecule has 0 spiro atoms. The maximum atomic E-state index is 14.9. The number of hydrogen-bond acceptors (Lipinski definition) is 7. The number of carbonyl (C=O) groups is 1. The summed E-state index contributed by atoms with van der Waals surface area (Å²) >= 11 is 1.17. The molecule has 2 aromatic heterocycles. The Hall–Kier alpha value is -4.70. The van der Waals surface area contributed by atoms with E-state index in [1.807, 2.05) is 36.4 Å². The summed E-state index contributed by atoms with van der Waals surface area (Å²) in [5.41, 5.74) is 5.84. The molecule has 5 aromatic rings. The lowest BCUT2D eigenvalue weighted by molar-refractivity contribution is 0.0691. The predicted octanol–water partition coefficient (Wildman–Crippen LogP) is 5.56. The molecule has 0 aliphatic heterocycles. The number of nitrogens with zero attached hydrogens (tertiary/aromatic N) is 4. The van der Waals surface area contributed by atoms with E-state index in [1.54, 1.807) is 16.8 Å². The van der Waals surface area contributed by atoms with Crippen LogP contribution in [0.25, 0.3) is 27.5 Å². The lowest BCUT2D eigenvalue weighted by Crippen LogP contribution is -2.14. The minimum Gasteiger partial charge on any atom is -0.476 e. The Bertz CT molecular complexity index is 2020. The minimum absolute atomic E-state index is 0.0839. The van der Waals surface area contributed by atoms with Crippen molar-refractivity contribution in [1.82, 2.24) is 14.8 Å². The number of aromatic carboxylic acids is 1. The standard InChI is InChI=1S/C31H24FN5O4S2/c32-25-13-20(8-11-28(25)43(34,40)41)12-24-27(14-18-4-5-18)37(31-35-26(17-42-31)30(38)39)36-29(24)23-3-1-2-22(15-23)21-9-6-19(16-33)7-10-21/h1-3,6-11,13,15,17-18H,4-5,12,14H2,(H,38,39)(H2,34,40,41). The smallest absolute Gasteiger partial charge is 0.355 e. The zero-order valence-corrected chi connectivity index (χ0v) is 24.2. The van der Waals surface area contributed by atoms with Gasteiger partial charge in [0.15, 0.2) is 5.69 Å². The summed E-state index contributed by atoms with van der Waals surface area (Å²) in [4.78, 5) is 15.3. The number of sulfonamides is 1. The van der Waals surface area contributed by atoms with Gasteiger partial charge in [-0.25, -0.2) is 32.4 Å². The number of carboxylic acid groups (broad SMARTS) is 1. The van der Waals surface area contributed by atoms with Crippen molar-refractivity contribution >= 4 is 27.3 Å². The highest BCUT2D eigenvalue weighted by molar-refractivity contribution is 7.89. The van der Waals surface area contributed by atoms with Crippen LogP contribution >= 0.6 is 11.3 Å². The van der Waals surface area contributed by atoms with Gasteiger partial charge in [-0.15, -0.1) is 11.3 Å². The average molecular weight is 614 g/mol. The van der Waals surface area contributed by atoms with Crippen molar-refractivity contribution < 1.29 is 22.7 Å². The molecule has 0 saturated heterocycles. The molecular formula is C31H24FN5O4S2. The van der Waals surface area contributed by atoms with E-state index >= 15 is 0 Å². The fraction of sp³-hybridized carbons (Fsp3) is 0.161. The van der Waals surface area contributed by atoms with Crippen molar-refractivity contribution in [1.29, 1.82) is 5.26 Å². The van der Waals surface area contributed by atoms with Crippen LogP contribution < -0.4 is 5.14 Å². The number of benzene rings is 3. The molecule has 0 radical (unpaired) electrons. The summed E-state index contributed by atoms with van der Waals surface area (Å²) in [7, 11) is -4.23. The molecule has 0 bridgehead atoms. The summed E-state index contributed by atoms with van der Waals surface area (Å²) in [5.74, 6) is -1.65. The van der Waals surface area contributed by atoms with Crippen LogP contribution in [0, 0.1) is 23.1 Å². The molecule has 216 valence electrons. The average Bonchev–Trinajstić information content (AvgIpc) is 3.54. The molecule has 3 N–H and O–H groups in total. The third kappa shape index (κ3) is 5.96. The van der Waals surface area contributed by atoms with E-state index in [4.69, 9.17) is 10.2 Å². The van der Waals surface area contributed by atoms with Gasteiger partial charge < -0.3 is 5.11 Å². The first-order valence-electron chi connectivity index (χ1n) is 13.3. The molecule has 2 heterocycles. The van der Waals surface area contributed by atoms with Gasteiger partial charge in [-0.2, -0.15) is 10.4 Å². The van der Waals surface area contributed by atoms with Crippen LogP contribution in [0.4, 0.5) is 4.39 Å². The summed E-state index contributed by atoms with van der Waals surface area (Å²) in [6.45, 7) is 0. The molecule has 1 fully saturated rings. The number of primary sulfonamides is 1. The Kier molecular flexibility index (Phi) is 7.39. The number of rotatable bonds is 9. The third-order valence-electron chi connectivity index (χ3n) is 7.33. The highest BCUT2D eigenvalue weighted by atomic mass is 32.2. The van der Waals surface area contributed by atoms with Crippen molar-refractivity contribution in [3.05, 3.63) is 106 Å². The Morgan fingerprint density at radius 1 is 1.09 bits per heavy atom. The highest BCUT2D eigenvalue weighted by Crippen LogP contribution is 2.39. The second-order valence-corrected chi connectivity index (χ2v) is 12.8. The van der Waals surface area contributed by atoms with Gasteiger partial charge in [0.05, 0.1) is 23.0 Å². The van der Waals surface area contributed by atoms with Crippen LogP contribution in [0.3, 0.4) is 0 Å². The molecule has 12 heteroatoms. The van der Waals surface area contributed by atoms with Gasteiger partial charge in [-0.05, 0) is 72.2 Å². The number of nitriles is 1. The summed E-state index contributed by atoms with van der Waals surface area (Å²) < 4.78 is 40.2. The van der Waals surface area contributed by atoms with Gasteiger partial charge in [0.25, 0.3) is 0 Å². The van der Waals surface area contributed by atoms with E-state index in [-0.39, 0.29) is 12.1 Å². The zero-order valence-electron chi connectivity index (χ0n) is 22.6. The largest absolute Gasteiger partial charge is 0.476 e. The number of nitrogens with two attached hydrogens (primary N) is 1. The van der Waals surface area contributed by atoms with Crippen LogP contribution in [0.1, 0.15) is 45.7 Å². The van der Waals surface area contributed by atoms with E-state index in [2.05, 4.69) is 11.1 Å². The number of hydrogen-bond donors (Lipinski definition) is 2. The molecule has 43 heavy (non-hydrogen) atoms. The van der Waals surface area contributed by atoms with Crippen molar-refractivity contribution in [2.24, 2.45) is 11.1 Å². The van der Waals surface area contributed by atoms with E-state index in [1.165, 1.54) is 28.8 Å². The molecular weight excluding hydrogens is 590 g/mol. The molecule has 0 atom stereocenters. The second kappa shape index (κ2) is 11.2. The van der Waals surface area contributed by atoms with Crippen LogP contribution in [0.2, 0.25) is 0 Å². The molecule has 1 aliphatic carbocycles. The third-order valence-corrected chi connectivity index (χ3v) is 9.09. The van der Waals surface area contributed by atoms with E-state index in [0.717, 1.165) is 46.9 Å². The van der Waals surface area contributed by atoms with Gasteiger partial charge >= 0.3 is 5.97 Å². The summed E-state index contributed by atoms with van der Waals surface area (Å²) in [6.07, 6.45) is 2.99. The number of halogens is 1. The predicted molar refractivity (Wildman–Crippen MR) is 159 cm³/mol. The molecule has 6 rings (SSSR count). The van der Waals surface area contributed by atoms with Crippen molar-refractivity contribution in [3.63, 3.8) is 0 Å². The van der Waals surface area contributed by atoms with Crippen LogP contribution in [-0.2, 0) is 22.9 Å².